The predicted octanol–water partition coefficient (Wildman–Crippen LogP) is 6.02. The maximum Gasteiger partial charge on any atom is 0.315 e. The largest absolute Gasteiger partial charge is 0.465 e. The Morgan fingerprint density at radius 2 is 1.47 bits per heavy atom. The Balaban J connectivity index is 1.81. The van der Waals surface area contributed by atoms with Gasteiger partial charge in [0, 0.05) is 23.5 Å². The van der Waals surface area contributed by atoms with Crippen LogP contribution >= 0.6 is 0 Å². The third-order valence-electron chi connectivity index (χ3n) is 6.40. The van der Waals surface area contributed by atoms with Crippen molar-refractivity contribution in [1.29, 1.82) is 0 Å². The van der Waals surface area contributed by atoms with Gasteiger partial charge in [0.1, 0.15) is 11.6 Å². The normalized spacial score (nSPS) is 22.9. The van der Waals surface area contributed by atoms with Crippen molar-refractivity contribution in [2.45, 2.75) is 45.1 Å². The van der Waals surface area contributed by atoms with E-state index in [4.69, 9.17) is 9.84 Å². The number of benzene rings is 3. The molecule has 0 radical (unpaired) electrons. The molecule has 4 rings (SSSR count). The number of carbonyl (C=O) groups excluding carboxylic acids is 1. The van der Waals surface area contributed by atoms with Gasteiger partial charge in [-0.3, -0.25) is 4.79 Å². The van der Waals surface area contributed by atoms with E-state index in [1.54, 1.807) is 6.92 Å². The van der Waals surface area contributed by atoms with Crippen LogP contribution in [0.25, 0.3) is 0 Å². The first-order chi connectivity index (χ1) is 17.3. The SMILES string of the molecule is CC(C)COC(=O)[C@H]1/C(=N\N=C(c2ccccc2)c2ccccc2)C[C@](C)(O)C[C@@H]1c1ccccc1. The molecule has 0 heterocycles. The Hall–Kier alpha value is -3.57. The van der Waals surface area contributed by atoms with Crippen LogP contribution in [0.2, 0.25) is 0 Å². The molecule has 5 nitrogen and oxygen atoms in total. The van der Waals surface area contributed by atoms with E-state index in [-0.39, 0.29) is 24.2 Å². The summed E-state index contributed by atoms with van der Waals surface area (Å²) in [7, 11) is 0. The molecule has 3 aromatic carbocycles. The lowest BCUT2D eigenvalue weighted by Gasteiger charge is -2.39. The summed E-state index contributed by atoms with van der Waals surface area (Å²) in [5.74, 6) is -0.983. The second-order valence-corrected chi connectivity index (χ2v) is 10.2. The number of esters is 1. The topological polar surface area (TPSA) is 71.2 Å². The van der Waals surface area contributed by atoms with Crippen molar-refractivity contribution in [3.63, 3.8) is 0 Å². The lowest BCUT2D eigenvalue weighted by atomic mass is 9.68. The van der Waals surface area contributed by atoms with Crippen molar-refractivity contribution < 1.29 is 14.6 Å². The average molecular weight is 483 g/mol. The van der Waals surface area contributed by atoms with Crippen LogP contribution in [-0.2, 0) is 9.53 Å². The maximum absolute atomic E-state index is 13.5. The molecule has 1 fully saturated rings. The minimum atomic E-state index is -1.02. The van der Waals surface area contributed by atoms with Crippen LogP contribution in [-0.4, -0.2) is 34.7 Å². The van der Waals surface area contributed by atoms with Crippen LogP contribution in [0.1, 0.15) is 56.2 Å². The Bertz CT molecular complexity index is 1160. The van der Waals surface area contributed by atoms with Gasteiger partial charge in [-0.25, -0.2) is 0 Å². The van der Waals surface area contributed by atoms with Crippen molar-refractivity contribution in [1.82, 2.24) is 0 Å². The van der Waals surface area contributed by atoms with Crippen molar-refractivity contribution in [3.05, 3.63) is 108 Å². The highest BCUT2D eigenvalue weighted by atomic mass is 16.5. The van der Waals surface area contributed by atoms with E-state index in [9.17, 15) is 9.90 Å². The van der Waals surface area contributed by atoms with Crippen molar-refractivity contribution in [2.24, 2.45) is 22.0 Å². The number of nitrogens with zero attached hydrogens (tertiary/aromatic N) is 2. The molecule has 0 amide bonds. The number of rotatable bonds is 7. The summed E-state index contributed by atoms with van der Waals surface area (Å²) < 4.78 is 5.72. The van der Waals surface area contributed by atoms with Gasteiger partial charge in [0.05, 0.1) is 17.9 Å². The second-order valence-electron chi connectivity index (χ2n) is 10.2. The smallest absolute Gasteiger partial charge is 0.315 e. The highest BCUT2D eigenvalue weighted by molar-refractivity contribution is 6.13. The molecule has 186 valence electrons. The molecule has 5 heteroatoms. The fraction of sp³-hybridized carbons (Fsp3) is 0.323. The van der Waals surface area contributed by atoms with Crippen molar-refractivity contribution in [2.75, 3.05) is 6.61 Å². The molecule has 36 heavy (non-hydrogen) atoms. The lowest BCUT2D eigenvalue weighted by molar-refractivity contribution is -0.149. The van der Waals surface area contributed by atoms with Gasteiger partial charge >= 0.3 is 5.97 Å². The summed E-state index contributed by atoms with van der Waals surface area (Å²) in [5, 5.41) is 20.6. The monoisotopic (exact) mass is 482 g/mol. The van der Waals surface area contributed by atoms with Gasteiger partial charge in [0.2, 0.25) is 0 Å². The average Bonchev–Trinajstić information content (AvgIpc) is 2.88. The Morgan fingerprint density at radius 3 is 2.00 bits per heavy atom. The van der Waals surface area contributed by atoms with Gasteiger partial charge < -0.3 is 9.84 Å². The zero-order chi connectivity index (χ0) is 25.5. The van der Waals surface area contributed by atoms with Gasteiger partial charge in [-0.05, 0) is 24.8 Å². The number of hydrogen-bond donors (Lipinski definition) is 1. The highest BCUT2D eigenvalue weighted by Gasteiger charge is 2.45. The summed E-state index contributed by atoms with van der Waals surface area (Å²) in [6, 6.07) is 29.6. The van der Waals surface area contributed by atoms with E-state index in [0.29, 0.717) is 24.5 Å². The molecule has 0 aliphatic heterocycles. The molecule has 0 aromatic heterocycles. The van der Waals surface area contributed by atoms with Crippen LogP contribution < -0.4 is 0 Å². The highest BCUT2D eigenvalue weighted by Crippen LogP contribution is 2.42. The van der Waals surface area contributed by atoms with Crippen LogP contribution in [0.5, 0.6) is 0 Å². The third-order valence-corrected chi connectivity index (χ3v) is 6.40. The number of carbonyl (C=O) groups is 1. The van der Waals surface area contributed by atoms with E-state index in [0.717, 1.165) is 16.7 Å². The second kappa shape index (κ2) is 11.4. The standard InChI is InChI=1S/C31H34N2O3/c1-22(2)21-36-30(34)28-26(23-13-7-4-8-14-23)19-31(3,35)20-27(28)32-33-29(24-15-9-5-10-16-24)25-17-11-6-12-18-25/h4-18,22,26,28,35H,19-21H2,1-3H3/b32-27-/t26-,28-,31-/m1/s1. The van der Waals surface area contributed by atoms with Crippen LogP contribution in [0.3, 0.4) is 0 Å². The molecule has 1 N–H and O–H groups in total. The zero-order valence-corrected chi connectivity index (χ0v) is 21.2. The molecule has 1 aliphatic rings. The molecule has 0 bridgehead atoms. The summed E-state index contributed by atoms with van der Waals surface area (Å²) in [6.45, 7) is 6.16. The molecule has 1 aliphatic carbocycles. The maximum atomic E-state index is 13.5. The summed E-state index contributed by atoms with van der Waals surface area (Å²) in [4.78, 5) is 13.5. The quantitative estimate of drug-likeness (QED) is 0.254. The molecule has 0 unspecified atom stereocenters. The first-order valence-electron chi connectivity index (χ1n) is 12.5. The number of ether oxygens (including phenoxy) is 1. The third kappa shape index (κ3) is 6.35. The first kappa shape index (κ1) is 25.5. The van der Waals surface area contributed by atoms with E-state index in [1.165, 1.54) is 0 Å². The summed E-state index contributed by atoms with van der Waals surface area (Å²) in [5.41, 5.74) is 3.05. The molecular weight excluding hydrogens is 448 g/mol. The number of aliphatic hydroxyl groups is 1. The lowest BCUT2D eigenvalue weighted by Crippen LogP contribution is -2.45. The van der Waals surface area contributed by atoms with Gasteiger partial charge in [-0.1, -0.05) is 105 Å². The summed E-state index contributed by atoms with van der Waals surface area (Å²) in [6.07, 6.45) is 0.684. The van der Waals surface area contributed by atoms with Crippen molar-refractivity contribution in [3.8, 4) is 0 Å². The van der Waals surface area contributed by atoms with Crippen LogP contribution in [0.15, 0.2) is 101 Å². The molecule has 3 aromatic rings. The summed E-state index contributed by atoms with van der Waals surface area (Å²) >= 11 is 0. The molecule has 3 atom stereocenters. The van der Waals surface area contributed by atoms with Crippen LogP contribution in [0.4, 0.5) is 0 Å². The van der Waals surface area contributed by atoms with E-state index < -0.39 is 11.5 Å². The zero-order valence-electron chi connectivity index (χ0n) is 21.2. The van der Waals surface area contributed by atoms with Gasteiger partial charge in [-0.15, -0.1) is 5.10 Å². The number of hydrogen-bond acceptors (Lipinski definition) is 5. The fourth-order valence-electron chi connectivity index (χ4n) is 4.73. The molecule has 0 saturated heterocycles. The minimum Gasteiger partial charge on any atom is -0.465 e. The van der Waals surface area contributed by atoms with Crippen LogP contribution in [0, 0.1) is 11.8 Å². The Labute approximate surface area is 213 Å². The Morgan fingerprint density at radius 1 is 0.944 bits per heavy atom. The Kier molecular flexibility index (Phi) is 8.11. The minimum absolute atomic E-state index is 0.219. The van der Waals surface area contributed by atoms with Gasteiger partial charge in [0.15, 0.2) is 0 Å². The molecule has 1 saturated carbocycles. The predicted molar refractivity (Wildman–Crippen MR) is 144 cm³/mol. The molecule has 0 spiro atoms. The van der Waals surface area contributed by atoms with Crippen molar-refractivity contribution >= 4 is 17.4 Å². The first-order valence-corrected chi connectivity index (χ1v) is 12.5. The fourth-order valence-corrected chi connectivity index (χ4v) is 4.73. The van der Waals surface area contributed by atoms with E-state index in [1.807, 2.05) is 105 Å². The van der Waals surface area contributed by atoms with Gasteiger partial charge in [0.25, 0.3) is 0 Å². The molecular formula is C31H34N2O3. The van der Waals surface area contributed by atoms with E-state index >= 15 is 0 Å². The van der Waals surface area contributed by atoms with Gasteiger partial charge in [-0.2, -0.15) is 5.10 Å². The van der Waals surface area contributed by atoms with E-state index in [2.05, 4.69) is 5.10 Å².